The zero-order chi connectivity index (χ0) is 9.84. The molecule has 0 bridgehead atoms. The van der Waals surface area contributed by atoms with Gasteiger partial charge in [-0.3, -0.25) is 4.99 Å². The van der Waals surface area contributed by atoms with E-state index in [0.717, 1.165) is 21.8 Å². The number of benzene rings is 1. The van der Waals surface area contributed by atoms with Crippen molar-refractivity contribution in [2.24, 2.45) is 4.99 Å². The number of aliphatic imine (C=N–C) groups is 1. The van der Waals surface area contributed by atoms with Crippen LogP contribution in [0.1, 0.15) is 11.1 Å². The average Bonchev–Trinajstić information content (AvgIpc) is 2.13. The first-order valence-corrected chi connectivity index (χ1v) is 4.43. The van der Waals surface area contributed by atoms with Gasteiger partial charge in [0, 0.05) is 23.7 Å². The number of thiol groups is 1. The van der Waals surface area contributed by atoms with Crippen LogP contribution in [-0.2, 0) is 0 Å². The molecule has 0 N–H and O–H groups in total. The van der Waals surface area contributed by atoms with Crippen molar-refractivity contribution in [2.75, 3.05) is 14.2 Å². The van der Waals surface area contributed by atoms with Gasteiger partial charge in [-0.05, 0) is 24.6 Å². The minimum atomic E-state index is 0.838. The van der Waals surface area contributed by atoms with Gasteiger partial charge in [0.15, 0.2) is 0 Å². The Balaban J connectivity index is 3.24. The van der Waals surface area contributed by atoms with E-state index in [-0.39, 0.29) is 0 Å². The van der Waals surface area contributed by atoms with Crippen LogP contribution in [0.2, 0.25) is 0 Å². The smallest absolute Gasteiger partial charge is 0.119 e. The molecule has 70 valence electrons. The molecular formula is C10H13NOS. The van der Waals surface area contributed by atoms with Crippen molar-refractivity contribution in [1.82, 2.24) is 0 Å². The second-order valence-electron chi connectivity index (χ2n) is 2.77. The summed E-state index contributed by atoms with van der Waals surface area (Å²) < 4.78 is 5.14. The van der Waals surface area contributed by atoms with E-state index >= 15 is 0 Å². The van der Waals surface area contributed by atoms with Gasteiger partial charge in [0.05, 0.1) is 7.11 Å². The number of hydrogen-bond acceptors (Lipinski definition) is 3. The van der Waals surface area contributed by atoms with Crippen LogP contribution in [0.4, 0.5) is 0 Å². The van der Waals surface area contributed by atoms with Gasteiger partial charge in [0.2, 0.25) is 0 Å². The second kappa shape index (κ2) is 4.33. The average molecular weight is 195 g/mol. The molecule has 0 atom stereocenters. The molecule has 0 amide bonds. The maximum Gasteiger partial charge on any atom is 0.119 e. The maximum atomic E-state index is 5.14. The van der Waals surface area contributed by atoms with Crippen molar-refractivity contribution in [1.29, 1.82) is 0 Å². The molecule has 0 radical (unpaired) electrons. The predicted octanol–water partition coefficient (Wildman–Crippen LogP) is 2.34. The summed E-state index contributed by atoms with van der Waals surface area (Å²) in [5.41, 5.74) is 2.08. The highest BCUT2D eigenvalue weighted by molar-refractivity contribution is 7.80. The molecule has 0 aliphatic rings. The zero-order valence-corrected chi connectivity index (χ0v) is 8.93. The van der Waals surface area contributed by atoms with Crippen LogP contribution in [0.5, 0.6) is 5.75 Å². The predicted molar refractivity (Wildman–Crippen MR) is 58.5 cm³/mol. The molecule has 0 aliphatic carbocycles. The lowest BCUT2D eigenvalue weighted by Gasteiger charge is -2.06. The first kappa shape index (κ1) is 10.1. The Labute approximate surface area is 84.1 Å². The molecular weight excluding hydrogens is 182 g/mol. The summed E-state index contributed by atoms with van der Waals surface area (Å²) in [4.78, 5) is 4.90. The molecule has 0 saturated heterocycles. The van der Waals surface area contributed by atoms with E-state index in [1.165, 1.54) is 0 Å². The normalized spacial score (nSPS) is 10.8. The van der Waals surface area contributed by atoms with Crippen LogP contribution in [0.15, 0.2) is 22.0 Å². The van der Waals surface area contributed by atoms with Crippen molar-refractivity contribution in [3.05, 3.63) is 23.3 Å². The fourth-order valence-electron chi connectivity index (χ4n) is 1.13. The van der Waals surface area contributed by atoms with Crippen molar-refractivity contribution in [2.45, 2.75) is 11.8 Å². The zero-order valence-electron chi connectivity index (χ0n) is 8.03. The van der Waals surface area contributed by atoms with Crippen LogP contribution in [0.25, 0.3) is 0 Å². The summed E-state index contributed by atoms with van der Waals surface area (Å²) >= 11 is 4.38. The van der Waals surface area contributed by atoms with E-state index in [2.05, 4.69) is 17.6 Å². The van der Waals surface area contributed by atoms with E-state index in [0.29, 0.717) is 0 Å². The molecule has 0 saturated carbocycles. The van der Waals surface area contributed by atoms with Gasteiger partial charge in [0.25, 0.3) is 0 Å². The Kier molecular flexibility index (Phi) is 3.37. The first-order valence-electron chi connectivity index (χ1n) is 3.98. The van der Waals surface area contributed by atoms with Gasteiger partial charge in [-0.1, -0.05) is 0 Å². The number of ether oxygens (including phenoxy) is 1. The fourth-order valence-corrected chi connectivity index (χ4v) is 1.31. The highest BCUT2D eigenvalue weighted by Gasteiger charge is 2.02. The highest BCUT2D eigenvalue weighted by atomic mass is 32.1. The van der Waals surface area contributed by atoms with Crippen LogP contribution in [0.3, 0.4) is 0 Å². The summed E-state index contributed by atoms with van der Waals surface area (Å²) in [5, 5.41) is 0. The van der Waals surface area contributed by atoms with E-state index in [1.807, 2.05) is 19.1 Å². The molecule has 3 heteroatoms. The standard InChI is InChI=1S/C10H13NOS/c1-7-4-9(12-3)5-8(6-11-2)10(7)13/h4-6,13H,1-3H3. The highest BCUT2D eigenvalue weighted by Crippen LogP contribution is 2.23. The molecule has 0 fully saturated rings. The second-order valence-corrected chi connectivity index (χ2v) is 3.22. The van der Waals surface area contributed by atoms with E-state index in [1.54, 1.807) is 20.4 Å². The number of nitrogens with zero attached hydrogens (tertiary/aromatic N) is 1. The lowest BCUT2D eigenvalue weighted by atomic mass is 10.1. The third kappa shape index (κ3) is 2.25. The molecule has 0 aromatic heterocycles. The third-order valence-electron chi connectivity index (χ3n) is 1.81. The summed E-state index contributed by atoms with van der Waals surface area (Å²) in [5.74, 6) is 0.838. The molecule has 0 unspecified atom stereocenters. The number of hydrogen-bond donors (Lipinski definition) is 1. The molecule has 1 aromatic rings. The molecule has 0 spiro atoms. The minimum absolute atomic E-state index is 0.838. The van der Waals surface area contributed by atoms with Crippen molar-refractivity contribution in [3.8, 4) is 5.75 Å². The number of aryl methyl sites for hydroxylation is 1. The van der Waals surface area contributed by atoms with Crippen LogP contribution in [0, 0.1) is 6.92 Å². The summed E-state index contributed by atoms with van der Waals surface area (Å²) in [6.45, 7) is 2.00. The minimum Gasteiger partial charge on any atom is -0.497 e. The van der Waals surface area contributed by atoms with Gasteiger partial charge in [-0.2, -0.15) is 0 Å². The Morgan fingerprint density at radius 2 is 2.15 bits per heavy atom. The lowest BCUT2D eigenvalue weighted by molar-refractivity contribution is 0.414. The maximum absolute atomic E-state index is 5.14. The van der Waals surface area contributed by atoms with Crippen LogP contribution < -0.4 is 4.74 Å². The van der Waals surface area contributed by atoms with Gasteiger partial charge in [-0.15, -0.1) is 12.6 Å². The first-order chi connectivity index (χ1) is 6.19. The molecule has 1 aromatic carbocycles. The topological polar surface area (TPSA) is 21.6 Å². The van der Waals surface area contributed by atoms with Crippen molar-refractivity contribution >= 4 is 18.8 Å². The molecule has 0 heterocycles. The Morgan fingerprint density at radius 3 is 2.69 bits per heavy atom. The van der Waals surface area contributed by atoms with Crippen LogP contribution in [-0.4, -0.2) is 20.4 Å². The fraction of sp³-hybridized carbons (Fsp3) is 0.300. The Hall–Kier alpha value is -0.960. The van der Waals surface area contributed by atoms with Gasteiger partial charge in [0.1, 0.15) is 5.75 Å². The van der Waals surface area contributed by atoms with E-state index < -0.39 is 0 Å². The molecule has 0 aliphatic heterocycles. The molecule has 13 heavy (non-hydrogen) atoms. The van der Waals surface area contributed by atoms with Crippen molar-refractivity contribution in [3.63, 3.8) is 0 Å². The molecule has 2 nitrogen and oxygen atoms in total. The third-order valence-corrected chi connectivity index (χ3v) is 2.42. The van der Waals surface area contributed by atoms with E-state index in [9.17, 15) is 0 Å². The summed E-state index contributed by atoms with van der Waals surface area (Å²) in [6, 6.07) is 3.87. The number of methoxy groups -OCH3 is 1. The number of rotatable bonds is 2. The van der Waals surface area contributed by atoms with E-state index in [4.69, 9.17) is 4.74 Å². The van der Waals surface area contributed by atoms with Gasteiger partial charge < -0.3 is 4.74 Å². The van der Waals surface area contributed by atoms with Crippen molar-refractivity contribution < 1.29 is 4.74 Å². The SMILES string of the molecule is CN=Cc1cc(OC)cc(C)c1S. The summed E-state index contributed by atoms with van der Waals surface area (Å²) in [7, 11) is 3.39. The molecule has 1 rings (SSSR count). The Bertz CT molecular complexity index is 334. The largest absolute Gasteiger partial charge is 0.497 e. The Morgan fingerprint density at radius 1 is 1.46 bits per heavy atom. The summed E-state index contributed by atoms with van der Waals surface area (Å²) in [6.07, 6.45) is 1.78. The van der Waals surface area contributed by atoms with Gasteiger partial charge >= 0.3 is 0 Å². The van der Waals surface area contributed by atoms with Crippen LogP contribution >= 0.6 is 12.6 Å². The lowest BCUT2D eigenvalue weighted by Crippen LogP contribution is -1.91. The quantitative estimate of drug-likeness (QED) is 0.567. The van der Waals surface area contributed by atoms with Gasteiger partial charge in [-0.25, -0.2) is 0 Å². The monoisotopic (exact) mass is 195 g/mol.